The molecular weight excluding hydrogens is 624 g/mol. The summed E-state index contributed by atoms with van der Waals surface area (Å²) in [7, 11) is 0. The van der Waals surface area contributed by atoms with Crippen LogP contribution in [-0.2, 0) is 30.8 Å². The van der Waals surface area contributed by atoms with E-state index in [-0.39, 0.29) is 34.8 Å². The van der Waals surface area contributed by atoms with Gasteiger partial charge in [-0.15, -0.1) is 0 Å². The molecule has 1 amide bonds. The largest absolute Gasteiger partial charge is 0.508 e. The Morgan fingerprint density at radius 3 is 2.53 bits per heavy atom. The van der Waals surface area contributed by atoms with E-state index in [1.807, 2.05) is 32.0 Å². The van der Waals surface area contributed by atoms with Gasteiger partial charge in [0.25, 0.3) is 5.91 Å². The molecule has 3 aliphatic heterocycles. The molecule has 5 heterocycles. The number of morpholine rings is 1. The zero-order chi connectivity index (χ0) is 34.1. The molecular formula is C36H42N8O5. The number of nitrogens with zero attached hydrogens (tertiary/aromatic N) is 7. The summed E-state index contributed by atoms with van der Waals surface area (Å²) in [6.07, 6.45) is 5.04. The third kappa shape index (κ3) is 6.94. The molecule has 49 heavy (non-hydrogen) atoms. The van der Waals surface area contributed by atoms with Crippen molar-refractivity contribution >= 4 is 17.7 Å². The van der Waals surface area contributed by atoms with E-state index in [9.17, 15) is 15.0 Å². The van der Waals surface area contributed by atoms with Gasteiger partial charge in [-0.3, -0.25) is 9.69 Å². The lowest BCUT2D eigenvalue weighted by atomic mass is 9.98. The number of ether oxygens (including phenoxy) is 2. The summed E-state index contributed by atoms with van der Waals surface area (Å²) >= 11 is 0. The van der Waals surface area contributed by atoms with E-state index in [2.05, 4.69) is 19.8 Å². The van der Waals surface area contributed by atoms with E-state index >= 15 is 0 Å². The lowest BCUT2D eigenvalue weighted by molar-refractivity contribution is 0.0748. The fourth-order valence-corrected chi connectivity index (χ4v) is 6.76. The molecule has 0 atom stereocenters. The number of phenolic OH excluding ortho intramolecular Hbond substituents is 2. The zero-order valence-electron chi connectivity index (χ0n) is 27.9. The summed E-state index contributed by atoms with van der Waals surface area (Å²) in [5.74, 6) is 2.08. The number of amides is 1. The van der Waals surface area contributed by atoms with Gasteiger partial charge in [-0.1, -0.05) is 19.9 Å². The molecule has 4 N–H and O–H groups in total. The van der Waals surface area contributed by atoms with E-state index in [1.54, 1.807) is 23.4 Å². The van der Waals surface area contributed by atoms with Crippen LogP contribution < -0.4 is 15.4 Å². The van der Waals surface area contributed by atoms with Crippen LogP contribution in [0.5, 0.6) is 17.2 Å². The summed E-state index contributed by atoms with van der Waals surface area (Å²) < 4.78 is 11.8. The average molecular weight is 667 g/mol. The molecule has 3 aliphatic rings. The number of hydrogen-bond donors (Lipinski definition) is 3. The molecule has 4 aromatic rings. The topological polar surface area (TPSA) is 163 Å². The number of carbonyl (C=O) groups excluding carboxylic acids is 1. The fraction of sp³-hybridized carbons (Fsp3) is 0.417. The number of rotatable bonds is 9. The number of fused-ring (bicyclic) bond motifs is 2. The lowest BCUT2D eigenvalue weighted by Crippen LogP contribution is -2.39. The monoisotopic (exact) mass is 666 g/mol. The average Bonchev–Trinajstić information content (AvgIpc) is 3.53. The Bertz CT molecular complexity index is 1840. The van der Waals surface area contributed by atoms with Gasteiger partial charge in [-0.05, 0) is 53.6 Å². The first-order valence-electron chi connectivity index (χ1n) is 16.9. The first-order chi connectivity index (χ1) is 23.7. The highest BCUT2D eigenvalue weighted by Gasteiger charge is 2.29. The second-order valence-corrected chi connectivity index (χ2v) is 13.1. The number of aromatic hydroxyl groups is 2. The molecule has 7 rings (SSSR count). The van der Waals surface area contributed by atoms with E-state index in [0.717, 1.165) is 79.5 Å². The molecule has 13 nitrogen and oxygen atoms in total. The third-order valence-electron chi connectivity index (χ3n) is 9.44. The minimum absolute atomic E-state index is 0.00780. The standard InChI is InChI=1S/C36H42N8O5/c1-22(2)28-15-29(32(46)16-31(28)45)35(47)44-19-23-4-5-26(14-24(23)20-44)49-11-3-7-42-8-6-27-30(21-42)40-33(25-17-38-36(37)39-18-25)41-34(27)43-9-12-48-13-10-43/h4-5,14-18,22,45-46H,3,6-13,19-21H2,1-2H3,(H2,37,38,39). The molecule has 256 valence electrons. The van der Waals surface area contributed by atoms with Crippen molar-refractivity contribution in [2.24, 2.45) is 0 Å². The van der Waals surface area contributed by atoms with Crippen LogP contribution in [0.15, 0.2) is 42.7 Å². The number of nitrogen functional groups attached to an aromatic ring is 1. The van der Waals surface area contributed by atoms with Crippen molar-refractivity contribution in [3.8, 4) is 28.6 Å². The summed E-state index contributed by atoms with van der Waals surface area (Å²) in [5.41, 5.74) is 11.6. The minimum atomic E-state index is -0.266. The molecule has 13 heteroatoms. The van der Waals surface area contributed by atoms with Gasteiger partial charge in [0.2, 0.25) is 5.95 Å². The Kier molecular flexibility index (Phi) is 9.19. The summed E-state index contributed by atoms with van der Waals surface area (Å²) in [5, 5.41) is 20.6. The smallest absolute Gasteiger partial charge is 0.258 e. The predicted octanol–water partition coefficient (Wildman–Crippen LogP) is 3.87. The number of benzene rings is 2. The first kappa shape index (κ1) is 32.5. The summed E-state index contributed by atoms with van der Waals surface area (Å²) in [6, 6.07) is 8.81. The van der Waals surface area contributed by atoms with Crippen molar-refractivity contribution in [3.05, 3.63) is 76.2 Å². The number of phenols is 2. The van der Waals surface area contributed by atoms with Gasteiger partial charge < -0.3 is 35.2 Å². The Hall–Kier alpha value is -5.01. The molecule has 0 saturated carbocycles. The van der Waals surface area contributed by atoms with Gasteiger partial charge >= 0.3 is 0 Å². The molecule has 0 unspecified atom stereocenters. The van der Waals surface area contributed by atoms with Gasteiger partial charge in [0.05, 0.1) is 36.6 Å². The SMILES string of the molecule is CC(C)c1cc(C(=O)N2Cc3ccc(OCCCN4CCc5c(nc(-c6cnc(N)nc6)nc5N5CCOCC5)C4)cc3C2)c(O)cc1O. The van der Waals surface area contributed by atoms with Crippen molar-refractivity contribution in [3.63, 3.8) is 0 Å². The molecule has 0 bridgehead atoms. The highest BCUT2D eigenvalue weighted by Crippen LogP contribution is 2.35. The maximum absolute atomic E-state index is 13.4. The van der Waals surface area contributed by atoms with Gasteiger partial charge in [-0.2, -0.15) is 0 Å². The second kappa shape index (κ2) is 13.8. The van der Waals surface area contributed by atoms with Crippen LogP contribution in [0.2, 0.25) is 0 Å². The van der Waals surface area contributed by atoms with Gasteiger partial charge in [0.1, 0.15) is 23.1 Å². The third-order valence-corrected chi connectivity index (χ3v) is 9.44. The number of anilines is 2. The van der Waals surface area contributed by atoms with E-state index in [4.69, 9.17) is 25.2 Å². The van der Waals surface area contributed by atoms with E-state index in [0.29, 0.717) is 44.3 Å². The highest BCUT2D eigenvalue weighted by atomic mass is 16.5. The number of aromatic nitrogens is 4. The normalized spacial score (nSPS) is 16.1. The molecule has 2 aromatic carbocycles. The van der Waals surface area contributed by atoms with Crippen LogP contribution in [0, 0.1) is 0 Å². The highest BCUT2D eigenvalue weighted by molar-refractivity contribution is 5.97. The summed E-state index contributed by atoms with van der Waals surface area (Å²) in [6.45, 7) is 10.7. The predicted molar refractivity (Wildman–Crippen MR) is 183 cm³/mol. The Labute approximate surface area is 285 Å². The molecule has 1 saturated heterocycles. The Balaban J connectivity index is 0.963. The maximum atomic E-state index is 13.4. The number of hydrogen-bond acceptors (Lipinski definition) is 12. The van der Waals surface area contributed by atoms with Gasteiger partial charge in [0.15, 0.2) is 5.82 Å². The van der Waals surface area contributed by atoms with E-state index in [1.165, 1.54) is 11.6 Å². The first-order valence-corrected chi connectivity index (χ1v) is 16.9. The van der Waals surface area contributed by atoms with Crippen LogP contribution >= 0.6 is 0 Å². The molecule has 0 radical (unpaired) electrons. The van der Waals surface area contributed by atoms with Crippen LogP contribution in [0.4, 0.5) is 11.8 Å². The molecule has 1 fully saturated rings. The Morgan fingerprint density at radius 1 is 0.980 bits per heavy atom. The van der Waals surface area contributed by atoms with Crippen molar-refractivity contribution in [1.29, 1.82) is 0 Å². The van der Waals surface area contributed by atoms with Crippen molar-refractivity contribution < 1.29 is 24.5 Å². The van der Waals surface area contributed by atoms with Crippen molar-refractivity contribution in [1.82, 2.24) is 29.7 Å². The quantitative estimate of drug-likeness (QED) is 0.221. The second-order valence-electron chi connectivity index (χ2n) is 13.1. The molecule has 0 spiro atoms. The van der Waals surface area contributed by atoms with Crippen molar-refractivity contribution in [2.75, 3.05) is 56.6 Å². The lowest BCUT2D eigenvalue weighted by Gasteiger charge is -2.34. The molecule has 0 aliphatic carbocycles. The number of carbonyl (C=O) groups is 1. The number of nitrogens with two attached hydrogens (primary N) is 1. The molecule has 2 aromatic heterocycles. The van der Waals surface area contributed by atoms with Crippen molar-refractivity contribution in [2.45, 2.75) is 52.2 Å². The van der Waals surface area contributed by atoms with Crippen LogP contribution in [0.3, 0.4) is 0 Å². The Morgan fingerprint density at radius 2 is 1.76 bits per heavy atom. The zero-order valence-corrected chi connectivity index (χ0v) is 27.9. The fourth-order valence-electron chi connectivity index (χ4n) is 6.76. The van der Waals surface area contributed by atoms with Crippen LogP contribution in [0.25, 0.3) is 11.4 Å². The summed E-state index contributed by atoms with van der Waals surface area (Å²) in [4.78, 5) is 38.0. The van der Waals surface area contributed by atoms with Crippen LogP contribution in [-0.4, -0.2) is 91.9 Å². The van der Waals surface area contributed by atoms with E-state index < -0.39 is 0 Å². The maximum Gasteiger partial charge on any atom is 0.258 e. The van der Waals surface area contributed by atoms with Gasteiger partial charge in [-0.25, -0.2) is 19.9 Å². The van der Waals surface area contributed by atoms with Crippen LogP contribution in [0.1, 0.15) is 64.5 Å². The van der Waals surface area contributed by atoms with Gasteiger partial charge in [0, 0.05) is 69.8 Å². The minimum Gasteiger partial charge on any atom is -0.508 e.